The minimum Gasteiger partial charge on any atom is -0.481 e. The van der Waals surface area contributed by atoms with Crippen LogP contribution in [-0.2, 0) is 10.5 Å². The average Bonchev–Trinajstić information content (AvgIpc) is 2.83. The zero-order chi connectivity index (χ0) is 15.3. The molecule has 1 rings (SSSR count). The normalized spacial score (nSPS) is 14.1. The van der Waals surface area contributed by atoms with Crippen molar-refractivity contribution in [1.29, 1.82) is 0 Å². The van der Waals surface area contributed by atoms with Gasteiger partial charge in [0.15, 0.2) is 5.76 Å². The van der Waals surface area contributed by atoms with E-state index in [1.165, 1.54) is 19.1 Å². The maximum Gasteiger partial charge on any atom is 0.308 e. The van der Waals surface area contributed by atoms with Gasteiger partial charge in [-0.2, -0.15) is 8.78 Å². The fourth-order valence-electron chi connectivity index (χ4n) is 1.34. The van der Waals surface area contributed by atoms with Crippen molar-refractivity contribution >= 4 is 23.6 Å². The Morgan fingerprint density at radius 3 is 2.60 bits per heavy atom. The standard InChI is InChI=1S/C12H15F2NO4S/c1-6(11(17)18)7(2)15-10(16)9-4-3-8(19-9)5-20-12(13)14/h3-4,6-7,12H,5H2,1-2H3,(H,15,16)(H,17,18). The number of nitrogens with one attached hydrogen (secondary N) is 1. The molecule has 1 amide bonds. The Hall–Kier alpha value is -1.57. The number of aliphatic carboxylic acids is 1. The molecule has 0 aromatic carbocycles. The van der Waals surface area contributed by atoms with Crippen LogP contribution in [0, 0.1) is 5.92 Å². The molecule has 0 fully saturated rings. The van der Waals surface area contributed by atoms with Gasteiger partial charge in [-0.1, -0.05) is 11.8 Å². The molecule has 2 N–H and O–H groups in total. The number of carbonyl (C=O) groups excluding carboxylic acids is 1. The number of amides is 1. The van der Waals surface area contributed by atoms with Gasteiger partial charge in [0.1, 0.15) is 5.76 Å². The Labute approximate surface area is 118 Å². The number of halogens is 2. The van der Waals surface area contributed by atoms with Crippen LogP contribution < -0.4 is 5.32 Å². The predicted molar refractivity (Wildman–Crippen MR) is 69.7 cm³/mol. The van der Waals surface area contributed by atoms with E-state index >= 15 is 0 Å². The molecule has 0 spiro atoms. The number of alkyl halides is 2. The van der Waals surface area contributed by atoms with Gasteiger partial charge in [0.2, 0.25) is 0 Å². The molecule has 1 aromatic rings. The molecule has 2 unspecified atom stereocenters. The first-order valence-corrected chi connectivity index (χ1v) is 6.88. The molecule has 0 saturated carbocycles. The van der Waals surface area contributed by atoms with Crippen LogP contribution in [0.25, 0.3) is 0 Å². The van der Waals surface area contributed by atoms with Crippen LogP contribution in [0.3, 0.4) is 0 Å². The van der Waals surface area contributed by atoms with Gasteiger partial charge in [-0.25, -0.2) is 0 Å². The largest absolute Gasteiger partial charge is 0.481 e. The number of hydrogen-bond donors (Lipinski definition) is 2. The Morgan fingerprint density at radius 2 is 2.05 bits per heavy atom. The fourth-order valence-corrected chi connectivity index (χ4v) is 1.78. The van der Waals surface area contributed by atoms with Crippen LogP contribution in [0.5, 0.6) is 0 Å². The first kappa shape index (κ1) is 16.5. The van der Waals surface area contributed by atoms with E-state index in [0.29, 0.717) is 11.8 Å². The molecule has 2 atom stereocenters. The third-order valence-corrected chi connectivity index (χ3v) is 3.44. The SMILES string of the molecule is CC(NC(=O)c1ccc(CSC(F)F)o1)C(C)C(=O)O. The molecule has 1 aromatic heterocycles. The molecular formula is C12H15F2NO4S. The number of carboxylic acid groups (broad SMARTS) is 1. The van der Waals surface area contributed by atoms with Crippen LogP contribution >= 0.6 is 11.8 Å². The molecular weight excluding hydrogens is 292 g/mol. The molecule has 20 heavy (non-hydrogen) atoms. The lowest BCUT2D eigenvalue weighted by Crippen LogP contribution is -2.39. The van der Waals surface area contributed by atoms with E-state index in [-0.39, 0.29) is 17.3 Å². The molecule has 0 radical (unpaired) electrons. The number of rotatable bonds is 7. The van der Waals surface area contributed by atoms with Crippen LogP contribution in [0.2, 0.25) is 0 Å². The van der Waals surface area contributed by atoms with Gasteiger partial charge >= 0.3 is 5.97 Å². The fraction of sp³-hybridized carbons (Fsp3) is 0.500. The van der Waals surface area contributed by atoms with Crippen molar-refractivity contribution in [1.82, 2.24) is 5.32 Å². The lowest BCUT2D eigenvalue weighted by atomic mass is 10.0. The molecule has 1 heterocycles. The van der Waals surface area contributed by atoms with E-state index in [0.717, 1.165) is 0 Å². The Kier molecular flexibility index (Phi) is 6.00. The minimum absolute atomic E-state index is 0.0284. The highest BCUT2D eigenvalue weighted by Crippen LogP contribution is 2.21. The number of carbonyl (C=O) groups is 2. The van der Waals surface area contributed by atoms with Crippen molar-refractivity contribution in [3.63, 3.8) is 0 Å². The summed E-state index contributed by atoms with van der Waals surface area (Å²) in [6.07, 6.45) is 0. The maximum atomic E-state index is 12.0. The second kappa shape index (κ2) is 7.28. The van der Waals surface area contributed by atoms with Gasteiger partial charge in [0.25, 0.3) is 11.7 Å². The minimum atomic E-state index is -2.51. The quantitative estimate of drug-likeness (QED) is 0.809. The third-order valence-electron chi connectivity index (χ3n) is 2.74. The average molecular weight is 307 g/mol. The van der Waals surface area contributed by atoms with Crippen molar-refractivity contribution < 1.29 is 27.9 Å². The van der Waals surface area contributed by atoms with Crippen molar-refractivity contribution in [2.75, 3.05) is 0 Å². The summed E-state index contributed by atoms with van der Waals surface area (Å²) in [6.45, 7) is 3.04. The van der Waals surface area contributed by atoms with Crippen LogP contribution in [0.4, 0.5) is 8.78 Å². The highest BCUT2D eigenvalue weighted by molar-refractivity contribution is 7.98. The second-order valence-corrected chi connectivity index (χ2v) is 5.21. The predicted octanol–water partition coefficient (Wildman–Crippen LogP) is 2.57. The zero-order valence-electron chi connectivity index (χ0n) is 10.9. The van der Waals surface area contributed by atoms with Gasteiger partial charge in [-0.3, -0.25) is 9.59 Å². The van der Waals surface area contributed by atoms with Crippen LogP contribution in [0.15, 0.2) is 16.5 Å². The third kappa shape index (κ3) is 4.84. The molecule has 0 aliphatic rings. The molecule has 0 aliphatic heterocycles. The highest BCUT2D eigenvalue weighted by Gasteiger charge is 2.22. The van der Waals surface area contributed by atoms with Gasteiger partial charge in [0.05, 0.1) is 11.7 Å². The number of carboxylic acids is 1. The van der Waals surface area contributed by atoms with E-state index in [4.69, 9.17) is 9.52 Å². The summed E-state index contributed by atoms with van der Waals surface area (Å²) < 4.78 is 29.1. The zero-order valence-corrected chi connectivity index (χ0v) is 11.7. The lowest BCUT2D eigenvalue weighted by Gasteiger charge is -2.16. The number of furan rings is 1. The molecule has 0 bridgehead atoms. The summed E-state index contributed by atoms with van der Waals surface area (Å²) in [5.41, 5.74) is 0. The summed E-state index contributed by atoms with van der Waals surface area (Å²) >= 11 is 0.396. The topological polar surface area (TPSA) is 79.5 Å². The lowest BCUT2D eigenvalue weighted by molar-refractivity contribution is -0.141. The van der Waals surface area contributed by atoms with Crippen LogP contribution in [-0.4, -0.2) is 28.8 Å². The molecule has 0 saturated heterocycles. The Balaban J connectivity index is 2.58. The summed E-state index contributed by atoms with van der Waals surface area (Å²) in [4.78, 5) is 22.5. The summed E-state index contributed by atoms with van der Waals surface area (Å²) in [5.74, 6) is -4.65. The summed E-state index contributed by atoms with van der Waals surface area (Å²) in [7, 11) is 0. The van der Waals surface area contributed by atoms with Crippen molar-refractivity contribution in [3.8, 4) is 0 Å². The molecule has 5 nitrogen and oxygen atoms in total. The van der Waals surface area contributed by atoms with E-state index in [9.17, 15) is 18.4 Å². The first-order chi connectivity index (χ1) is 9.31. The highest BCUT2D eigenvalue weighted by atomic mass is 32.2. The van der Waals surface area contributed by atoms with Crippen molar-refractivity contribution in [2.45, 2.75) is 31.4 Å². The Morgan fingerprint density at radius 1 is 1.40 bits per heavy atom. The smallest absolute Gasteiger partial charge is 0.308 e. The monoisotopic (exact) mass is 307 g/mol. The Bertz CT molecular complexity index is 478. The molecule has 8 heteroatoms. The van der Waals surface area contributed by atoms with Gasteiger partial charge < -0.3 is 14.8 Å². The van der Waals surface area contributed by atoms with Crippen LogP contribution in [0.1, 0.15) is 30.2 Å². The van der Waals surface area contributed by atoms with E-state index in [1.54, 1.807) is 6.92 Å². The van der Waals surface area contributed by atoms with Crippen molar-refractivity contribution in [3.05, 3.63) is 23.7 Å². The van der Waals surface area contributed by atoms with E-state index in [2.05, 4.69) is 5.32 Å². The van der Waals surface area contributed by atoms with E-state index in [1.807, 2.05) is 0 Å². The second-order valence-electron chi connectivity index (χ2n) is 4.23. The van der Waals surface area contributed by atoms with Gasteiger partial charge in [-0.15, -0.1) is 0 Å². The molecule has 0 aliphatic carbocycles. The van der Waals surface area contributed by atoms with Crippen molar-refractivity contribution in [2.24, 2.45) is 5.92 Å². The van der Waals surface area contributed by atoms with Gasteiger partial charge in [0, 0.05) is 6.04 Å². The summed E-state index contributed by atoms with van der Waals surface area (Å²) in [5, 5.41) is 11.3. The number of thioether (sulfide) groups is 1. The maximum absolute atomic E-state index is 12.0. The summed E-state index contributed by atoms with van der Waals surface area (Å²) in [6, 6.07) is 2.23. The first-order valence-electron chi connectivity index (χ1n) is 5.83. The molecule has 112 valence electrons. The number of hydrogen-bond acceptors (Lipinski definition) is 4. The van der Waals surface area contributed by atoms with E-state index < -0.39 is 29.6 Å². The van der Waals surface area contributed by atoms with Gasteiger partial charge in [-0.05, 0) is 26.0 Å².